The lowest BCUT2D eigenvalue weighted by Gasteiger charge is -2.37. The highest BCUT2D eigenvalue weighted by molar-refractivity contribution is 5.86. The van der Waals surface area contributed by atoms with Crippen LogP contribution in [0.1, 0.15) is 50.4 Å². The molecule has 3 unspecified atom stereocenters. The lowest BCUT2D eigenvalue weighted by Crippen LogP contribution is -2.45. The predicted molar refractivity (Wildman–Crippen MR) is 123 cm³/mol. The molecule has 168 valence electrons. The highest BCUT2D eigenvalue weighted by Gasteiger charge is 2.30. The Morgan fingerprint density at radius 2 is 2.03 bits per heavy atom. The molecule has 4 heterocycles. The molecule has 9 heteroatoms. The summed E-state index contributed by atoms with van der Waals surface area (Å²) in [5.74, 6) is 2.27. The van der Waals surface area contributed by atoms with Gasteiger partial charge < -0.3 is 15.3 Å². The first kappa shape index (κ1) is 20.8. The van der Waals surface area contributed by atoms with Crippen LogP contribution in [-0.4, -0.2) is 55.1 Å². The molecule has 3 atom stereocenters. The van der Waals surface area contributed by atoms with Crippen molar-refractivity contribution in [1.82, 2.24) is 24.7 Å². The van der Waals surface area contributed by atoms with Crippen LogP contribution in [0.2, 0.25) is 0 Å². The number of piperidine rings is 1. The van der Waals surface area contributed by atoms with Gasteiger partial charge in [0.1, 0.15) is 17.5 Å². The van der Waals surface area contributed by atoms with E-state index in [-0.39, 0.29) is 17.6 Å². The van der Waals surface area contributed by atoms with E-state index in [1.54, 1.807) is 12.3 Å². The molecule has 9 nitrogen and oxygen atoms in total. The molecule has 2 aliphatic rings. The fraction of sp³-hybridized carbons (Fsp3) is 0.522. The maximum Gasteiger partial charge on any atom is 0.267 e. The minimum Gasteiger partial charge on any atom is -0.391 e. The SMILES string of the molecule is Cc1nc(NCC2CCCCN2c2ccc(=O)n(C3CCCC3O)n2)c2cccnc2n1. The molecule has 32 heavy (non-hydrogen) atoms. The normalized spacial score (nSPS) is 23.6. The Morgan fingerprint density at radius 1 is 1.12 bits per heavy atom. The summed E-state index contributed by atoms with van der Waals surface area (Å²) in [6.07, 6.45) is 6.93. The van der Waals surface area contributed by atoms with Crippen molar-refractivity contribution >= 4 is 22.7 Å². The summed E-state index contributed by atoms with van der Waals surface area (Å²) in [4.78, 5) is 28.1. The number of hydrogen-bond donors (Lipinski definition) is 2. The Kier molecular flexibility index (Phi) is 5.73. The van der Waals surface area contributed by atoms with Crippen molar-refractivity contribution in [2.75, 3.05) is 23.3 Å². The summed E-state index contributed by atoms with van der Waals surface area (Å²) >= 11 is 0. The topological polar surface area (TPSA) is 109 Å². The molecule has 1 saturated heterocycles. The molecule has 2 N–H and O–H groups in total. The zero-order valence-corrected chi connectivity index (χ0v) is 18.3. The maximum absolute atomic E-state index is 12.5. The van der Waals surface area contributed by atoms with Crippen LogP contribution >= 0.6 is 0 Å². The first-order valence-electron chi connectivity index (χ1n) is 11.5. The quantitative estimate of drug-likeness (QED) is 0.629. The second kappa shape index (κ2) is 8.82. The fourth-order valence-corrected chi connectivity index (χ4v) is 4.95. The molecular formula is C23H29N7O2. The van der Waals surface area contributed by atoms with Crippen LogP contribution in [0.25, 0.3) is 11.0 Å². The molecule has 1 aliphatic carbocycles. The van der Waals surface area contributed by atoms with Gasteiger partial charge in [-0.25, -0.2) is 19.6 Å². The minimum atomic E-state index is -0.503. The lowest BCUT2D eigenvalue weighted by atomic mass is 10.0. The molecule has 1 aliphatic heterocycles. The second-order valence-corrected chi connectivity index (χ2v) is 8.76. The van der Waals surface area contributed by atoms with Gasteiger partial charge in [-0.3, -0.25) is 4.79 Å². The van der Waals surface area contributed by atoms with Crippen molar-refractivity contribution in [2.24, 2.45) is 0 Å². The molecule has 0 bridgehead atoms. The largest absolute Gasteiger partial charge is 0.391 e. The number of nitrogens with one attached hydrogen (secondary N) is 1. The fourth-order valence-electron chi connectivity index (χ4n) is 4.95. The van der Waals surface area contributed by atoms with Crippen LogP contribution in [0.5, 0.6) is 0 Å². The average molecular weight is 436 g/mol. The molecular weight excluding hydrogens is 406 g/mol. The molecule has 5 rings (SSSR count). The van der Waals surface area contributed by atoms with Crippen molar-refractivity contribution < 1.29 is 5.11 Å². The van der Waals surface area contributed by atoms with Crippen molar-refractivity contribution in [3.8, 4) is 0 Å². The summed E-state index contributed by atoms with van der Waals surface area (Å²) in [5, 5.41) is 19.4. The molecule has 3 aromatic heterocycles. The summed E-state index contributed by atoms with van der Waals surface area (Å²) in [7, 11) is 0. The van der Waals surface area contributed by atoms with Gasteiger partial charge in [-0.1, -0.05) is 0 Å². The minimum absolute atomic E-state index is 0.151. The third-order valence-corrected chi connectivity index (χ3v) is 6.58. The molecule has 0 spiro atoms. The summed E-state index contributed by atoms with van der Waals surface area (Å²) in [6.45, 7) is 3.46. The van der Waals surface area contributed by atoms with Gasteiger partial charge in [0.25, 0.3) is 5.56 Å². The third-order valence-electron chi connectivity index (χ3n) is 6.58. The average Bonchev–Trinajstić information content (AvgIpc) is 3.23. The van der Waals surface area contributed by atoms with E-state index in [9.17, 15) is 9.90 Å². The zero-order chi connectivity index (χ0) is 22.1. The van der Waals surface area contributed by atoms with Gasteiger partial charge in [0.05, 0.1) is 17.5 Å². The number of rotatable bonds is 5. The van der Waals surface area contributed by atoms with Gasteiger partial charge >= 0.3 is 0 Å². The monoisotopic (exact) mass is 435 g/mol. The van der Waals surface area contributed by atoms with Gasteiger partial charge in [0.15, 0.2) is 5.65 Å². The van der Waals surface area contributed by atoms with Crippen molar-refractivity contribution in [1.29, 1.82) is 0 Å². The van der Waals surface area contributed by atoms with Crippen LogP contribution in [-0.2, 0) is 0 Å². The van der Waals surface area contributed by atoms with Crippen LogP contribution < -0.4 is 15.8 Å². The highest BCUT2D eigenvalue weighted by Crippen LogP contribution is 2.30. The van der Waals surface area contributed by atoms with Crippen molar-refractivity contribution in [3.63, 3.8) is 0 Å². The van der Waals surface area contributed by atoms with E-state index >= 15 is 0 Å². The van der Waals surface area contributed by atoms with Gasteiger partial charge in [-0.15, -0.1) is 0 Å². The number of fused-ring (bicyclic) bond motifs is 1. The molecule has 1 saturated carbocycles. The first-order chi connectivity index (χ1) is 15.6. The Morgan fingerprint density at radius 3 is 2.88 bits per heavy atom. The van der Waals surface area contributed by atoms with E-state index in [1.165, 1.54) is 4.68 Å². The number of aryl methyl sites for hydroxylation is 1. The molecule has 2 fully saturated rings. The number of aliphatic hydroxyl groups is 1. The Hall–Kier alpha value is -3.07. The molecule has 0 amide bonds. The number of pyridine rings is 1. The Bertz CT molecular complexity index is 1160. The summed E-state index contributed by atoms with van der Waals surface area (Å²) < 4.78 is 1.50. The van der Waals surface area contributed by atoms with E-state index in [0.717, 1.165) is 62.1 Å². The van der Waals surface area contributed by atoms with Crippen molar-refractivity contribution in [2.45, 2.75) is 63.6 Å². The van der Waals surface area contributed by atoms with Crippen LogP contribution in [0.3, 0.4) is 0 Å². The Balaban J connectivity index is 1.39. The molecule has 0 aromatic carbocycles. The van der Waals surface area contributed by atoms with Gasteiger partial charge in [0, 0.05) is 31.4 Å². The Labute approximate surface area is 186 Å². The number of nitrogens with zero attached hydrogens (tertiary/aromatic N) is 6. The van der Waals surface area contributed by atoms with E-state index in [2.05, 4.69) is 25.2 Å². The van der Waals surface area contributed by atoms with Crippen molar-refractivity contribution in [3.05, 3.63) is 46.6 Å². The number of aromatic nitrogens is 5. The third kappa shape index (κ3) is 4.04. The first-order valence-corrected chi connectivity index (χ1v) is 11.5. The predicted octanol–water partition coefficient (Wildman–Crippen LogP) is 2.45. The van der Waals surface area contributed by atoms with E-state index < -0.39 is 6.10 Å². The zero-order valence-electron chi connectivity index (χ0n) is 18.3. The lowest BCUT2D eigenvalue weighted by molar-refractivity contribution is 0.127. The van der Waals surface area contributed by atoms with Gasteiger partial charge in [0.2, 0.25) is 0 Å². The summed E-state index contributed by atoms with van der Waals surface area (Å²) in [5.41, 5.74) is 0.536. The maximum atomic E-state index is 12.5. The van der Waals surface area contributed by atoms with Gasteiger partial charge in [-0.05, 0) is 63.6 Å². The second-order valence-electron chi connectivity index (χ2n) is 8.76. The van der Waals surface area contributed by atoms with E-state index in [1.807, 2.05) is 25.1 Å². The van der Waals surface area contributed by atoms with Gasteiger partial charge in [-0.2, -0.15) is 5.10 Å². The van der Waals surface area contributed by atoms with Crippen LogP contribution in [0, 0.1) is 6.92 Å². The summed E-state index contributed by atoms with van der Waals surface area (Å²) in [6, 6.07) is 7.26. The van der Waals surface area contributed by atoms with Crippen LogP contribution in [0.15, 0.2) is 35.3 Å². The smallest absolute Gasteiger partial charge is 0.267 e. The molecule has 0 radical (unpaired) electrons. The number of aliphatic hydroxyl groups excluding tert-OH is 1. The van der Waals surface area contributed by atoms with E-state index in [4.69, 9.17) is 5.10 Å². The highest BCUT2D eigenvalue weighted by atomic mass is 16.3. The number of hydrogen-bond acceptors (Lipinski definition) is 8. The van der Waals surface area contributed by atoms with Crippen LogP contribution in [0.4, 0.5) is 11.6 Å². The standard InChI is InChI=1S/C23H29N7O2/c1-15-26-22-17(7-5-12-24-22)23(27-15)25-14-16-6-2-3-13-29(16)20-10-11-21(32)30(28-20)18-8-4-9-19(18)31/h5,7,10-12,16,18-19,31H,2-4,6,8-9,13-14H2,1H3,(H,24,25,26,27). The van der Waals surface area contributed by atoms with E-state index in [0.29, 0.717) is 18.0 Å². The number of anilines is 2. The molecule has 3 aromatic rings.